The number of carbonyl (C=O) groups is 1. The number of aryl methyl sites for hydroxylation is 1. The second kappa shape index (κ2) is 7.71. The molecule has 33 heavy (non-hydrogen) atoms. The molecule has 0 spiro atoms. The van der Waals surface area contributed by atoms with Gasteiger partial charge in [-0.05, 0) is 69.9 Å². The Balaban J connectivity index is 1.84. The highest BCUT2D eigenvalue weighted by Gasteiger charge is 2.38. The Hall–Kier alpha value is -2.64. The van der Waals surface area contributed by atoms with Crippen LogP contribution in [0.3, 0.4) is 0 Å². The molecule has 1 saturated heterocycles. The van der Waals surface area contributed by atoms with Crippen molar-refractivity contribution in [2.45, 2.75) is 73.9 Å². The van der Waals surface area contributed by atoms with E-state index in [1.54, 1.807) is 57.2 Å². The number of nitrogens with one attached hydrogen (secondary N) is 1. The number of sulfone groups is 1. The molecule has 7 heteroatoms. The number of hydrogen-bond donors (Lipinski definition) is 1. The first kappa shape index (κ1) is 22.2. The lowest BCUT2D eigenvalue weighted by molar-refractivity contribution is 0.00675. The minimum Gasteiger partial charge on any atom is -0.456 e. The van der Waals surface area contributed by atoms with Crippen molar-refractivity contribution in [2.75, 3.05) is 0 Å². The monoisotopic (exact) mass is 466 g/mol. The summed E-state index contributed by atoms with van der Waals surface area (Å²) in [6.45, 7) is 5.39. The van der Waals surface area contributed by atoms with Crippen LogP contribution in [0.25, 0.3) is 10.9 Å². The first-order chi connectivity index (χ1) is 15.6. The number of aromatic nitrogens is 1. The van der Waals surface area contributed by atoms with E-state index in [0.717, 1.165) is 36.8 Å². The zero-order valence-corrected chi connectivity index (χ0v) is 20.3. The number of nitrogens with zero attached hydrogens (tertiary/aromatic N) is 1. The van der Waals surface area contributed by atoms with E-state index in [2.05, 4.69) is 9.88 Å². The maximum Gasteiger partial charge on any atom is 0.340 e. The van der Waals surface area contributed by atoms with Gasteiger partial charge in [-0.15, -0.1) is 0 Å². The van der Waals surface area contributed by atoms with Gasteiger partial charge < -0.3 is 14.6 Å². The van der Waals surface area contributed by atoms with E-state index in [1.807, 2.05) is 13.1 Å². The summed E-state index contributed by atoms with van der Waals surface area (Å²) in [5.41, 5.74) is 2.49. The van der Waals surface area contributed by atoms with Crippen molar-refractivity contribution in [3.63, 3.8) is 0 Å². The molecule has 2 aromatic carbocycles. The van der Waals surface area contributed by atoms with Gasteiger partial charge in [0.2, 0.25) is 9.84 Å². The molecule has 3 heterocycles. The van der Waals surface area contributed by atoms with Crippen molar-refractivity contribution >= 4 is 26.7 Å². The van der Waals surface area contributed by atoms with Gasteiger partial charge in [0.15, 0.2) is 0 Å². The fourth-order valence-electron chi connectivity index (χ4n) is 5.34. The van der Waals surface area contributed by atoms with Crippen LogP contribution in [0.2, 0.25) is 0 Å². The molecule has 1 aromatic heterocycles. The summed E-state index contributed by atoms with van der Waals surface area (Å²) in [6, 6.07) is 12.2. The van der Waals surface area contributed by atoms with Gasteiger partial charge in [-0.3, -0.25) is 0 Å². The molecule has 2 unspecified atom stereocenters. The molecular weight excluding hydrogens is 436 g/mol. The Kier molecular flexibility index (Phi) is 5.18. The molecule has 2 atom stereocenters. The third kappa shape index (κ3) is 3.67. The maximum absolute atomic E-state index is 13.7. The Morgan fingerprint density at radius 3 is 2.52 bits per heavy atom. The van der Waals surface area contributed by atoms with Crippen LogP contribution in [0.4, 0.5) is 0 Å². The Morgan fingerprint density at radius 1 is 1.09 bits per heavy atom. The fourth-order valence-corrected chi connectivity index (χ4v) is 6.81. The Labute approximate surface area is 194 Å². The van der Waals surface area contributed by atoms with E-state index in [-0.39, 0.29) is 21.4 Å². The van der Waals surface area contributed by atoms with Gasteiger partial charge in [0, 0.05) is 42.1 Å². The quantitative estimate of drug-likeness (QED) is 0.566. The van der Waals surface area contributed by atoms with Crippen molar-refractivity contribution in [3.8, 4) is 0 Å². The molecule has 0 amide bonds. The molecule has 0 saturated carbocycles. The zero-order valence-electron chi connectivity index (χ0n) is 19.5. The number of carbonyl (C=O) groups excluding carboxylic acids is 1. The van der Waals surface area contributed by atoms with E-state index in [1.165, 1.54) is 5.69 Å². The molecule has 1 N–H and O–H groups in total. The maximum atomic E-state index is 13.7. The average Bonchev–Trinajstić information content (AvgIpc) is 3.05. The van der Waals surface area contributed by atoms with Crippen molar-refractivity contribution in [3.05, 3.63) is 59.3 Å². The fraction of sp³-hybridized carbons (Fsp3) is 0.423. The van der Waals surface area contributed by atoms with E-state index < -0.39 is 21.4 Å². The highest BCUT2D eigenvalue weighted by Crippen LogP contribution is 2.43. The smallest absolute Gasteiger partial charge is 0.340 e. The van der Waals surface area contributed by atoms with Crippen LogP contribution in [0.1, 0.15) is 67.7 Å². The molecule has 6 nitrogen and oxygen atoms in total. The average molecular weight is 467 g/mol. The minimum atomic E-state index is -3.93. The molecular formula is C26H30N2O4S. The lowest BCUT2D eigenvalue weighted by atomic mass is 9.83. The lowest BCUT2D eigenvalue weighted by Gasteiger charge is -2.37. The van der Waals surface area contributed by atoms with Crippen LogP contribution in [0.15, 0.2) is 52.3 Å². The second-order valence-electron chi connectivity index (χ2n) is 10.1. The van der Waals surface area contributed by atoms with Crippen molar-refractivity contribution in [1.82, 2.24) is 9.88 Å². The Bertz CT molecular complexity index is 1350. The SMILES string of the molecule is Cn1c2c(c3c(C(=O)OC(C)(C)C)c(S(=O)(=O)c4ccccc4)ccc31)C1CCCC(C2)N1. The van der Waals surface area contributed by atoms with Crippen LogP contribution < -0.4 is 5.32 Å². The normalized spacial score (nSPS) is 20.5. The summed E-state index contributed by atoms with van der Waals surface area (Å²) >= 11 is 0. The van der Waals surface area contributed by atoms with Crippen molar-refractivity contribution in [1.29, 1.82) is 0 Å². The van der Waals surface area contributed by atoms with Crippen LogP contribution in [0.5, 0.6) is 0 Å². The number of rotatable bonds is 3. The predicted molar refractivity (Wildman–Crippen MR) is 127 cm³/mol. The summed E-state index contributed by atoms with van der Waals surface area (Å²) in [6.07, 6.45) is 4.07. The van der Waals surface area contributed by atoms with E-state index >= 15 is 0 Å². The van der Waals surface area contributed by atoms with Crippen LogP contribution in [-0.4, -0.2) is 30.6 Å². The van der Waals surface area contributed by atoms with E-state index in [4.69, 9.17) is 4.74 Å². The first-order valence-corrected chi connectivity index (χ1v) is 13.0. The largest absolute Gasteiger partial charge is 0.456 e. The van der Waals surface area contributed by atoms with Gasteiger partial charge in [-0.25, -0.2) is 13.2 Å². The van der Waals surface area contributed by atoms with Gasteiger partial charge in [-0.2, -0.15) is 0 Å². The Morgan fingerprint density at radius 2 is 1.82 bits per heavy atom. The third-order valence-electron chi connectivity index (χ3n) is 6.71. The number of ether oxygens (including phenoxy) is 1. The number of piperidine rings is 1. The van der Waals surface area contributed by atoms with Crippen molar-refractivity contribution in [2.24, 2.45) is 7.05 Å². The summed E-state index contributed by atoms with van der Waals surface area (Å²) in [5, 5.41) is 4.41. The van der Waals surface area contributed by atoms with E-state index in [0.29, 0.717) is 11.4 Å². The number of esters is 1. The third-order valence-corrected chi connectivity index (χ3v) is 8.52. The first-order valence-electron chi connectivity index (χ1n) is 11.5. The molecule has 3 aromatic rings. The molecule has 2 aliphatic rings. The van der Waals surface area contributed by atoms with Gasteiger partial charge in [-0.1, -0.05) is 18.2 Å². The molecule has 174 valence electrons. The van der Waals surface area contributed by atoms with Gasteiger partial charge in [0.25, 0.3) is 0 Å². The minimum absolute atomic E-state index is 0.00165. The predicted octanol–water partition coefficient (Wildman–Crippen LogP) is 4.71. The lowest BCUT2D eigenvalue weighted by Crippen LogP contribution is -2.43. The second-order valence-corrected chi connectivity index (χ2v) is 12.0. The van der Waals surface area contributed by atoms with Gasteiger partial charge in [0.1, 0.15) is 5.60 Å². The molecule has 2 aliphatic heterocycles. The summed E-state index contributed by atoms with van der Waals surface area (Å²) in [4.78, 5) is 13.8. The number of benzene rings is 2. The number of hydrogen-bond acceptors (Lipinski definition) is 5. The molecule has 0 radical (unpaired) electrons. The van der Waals surface area contributed by atoms with Crippen LogP contribution >= 0.6 is 0 Å². The highest BCUT2D eigenvalue weighted by molar-refractivity contribution is 7.91. The topological polar surface area (TPSA) is 77.4 Å². The highest BCUT2D eigenvalue weighted by atomic mass is 32.2. The molecule has 5 rings (SSSR count). The van der Waals surface area contributed by atoms with E-state index in [9.17, 15) is 13.2 Å². The summed E-state index contributed by atoms with van der Waals surface area (Å²) in [7, 11) is -1.92. The van der Waals surface area contributed by atoms with Crippen LogP contribution in [-0.2, 0) is 28.0 Å². The van der Waals surface area contributed by atoms with Gasteiger partial charge in [0.05, 0.1) is 15.4 Å². The summed E-state index contributed by atoms with van der Waals surface area (Å²) in [5.74, 6) is -0.603. The van der Waals surface area contributed by atoms with Crippen LogP contribution in [0, 0.1) is 0 Å². The number of fused-ring (bicyclic) bond motifs is 6. The standard InChI is InChI=1S/C26H30N2O4S/c1-26(2,3)32-25(29)24-21(33(30,31)17-10-6-5-7-11-17)14-13-19-23(24)22-18-12-8-9-16(27-18)15-20(22)28(19)4/h5-7,10-11,13-14,16,18,27H,8-9,12,15H2,1-4H3. The summed E-state index contributed by atoms with van der Waals surface area (Å²) < 4.78 is 35.4. The van der Waals surface area contributed by atoms with Crippen molar-refractivity contribution < 1.29 is 17.9 Å². The zero-order chi connectivity index (χ0) is 23.5. The molecule has 2 bridgehead atoms. The van der Waals surface area contributed by atoms with Gasteiger partial charge >= 0.3 is 5.97 Å². The molecule has 1 fully saturated rings. The molecule has 0 aliphatic carbocycles.